The van der Waals surface area contributed by atoms with E-state index in [1.165, 1.54) is 56.1 Å². The Kier molecular flexibility index (Phi) is 4.67. The van der Waals surface area contributed by atoms with Crippen molar-refractivity contribution in [3.63, 3.8) is 0 Å². The van der Waals surface area contributed by atoms with Crippen LogP contribution < -0.4 is 0 Å². The fraction of sp³-hybridized carbons (Fsp3) is 0.571. The highest BCUT2D eigenvalue weighted by molar-refractivity contribution is 9.09. The van der Waals surface area contributed by atoms with Crippen LogP contribution in [0.15, 0.2) is 48.5 Å². The second-order valence-corrected chi connectivity index (χ2v) is 11.7. The minimum Gasteiger partial charge on any atom is -0.0887 e. The molecule has 0 amide bonds. The lowest BCUT2D eigenvalue weighted by atomic mass is 9.61. The Hall–Kier alpha value is -1.08. The molecule has 1 heteroatoms. The Morgan fingerprint density at radius 2 is 1.38 bits per heavy atom. The van der Waals surface area contributed by atoms with Gasteiger partial charge >= 0.3 is 0 Å². The van der Waals surface area contributed by atoms with Crippen molar-refractivity contribution in [1.82, 2.24) is 0 Å². The molecule has 0 bridgehead atoms. The molecule has 0 spiro atoms. The van der Waals surface area contributed by atoms with Crippen LogP contribution in [0.3, 0.4) is 0 Å². The van der Waals surface area contributed by atoms with Gasteiger partial charge in [-0.05, 0) is 89.9 Å². The van der Waals surface area contributed by atoms with Crippen molar-refractivity contribution in [3.05, 3.63) is 59.7 Å². The molecule has 4 aliphatic rings. The van der Waals surface area contributed by atoms with Crippen LogP contribution in [0, 0.1) is 35.5 Å². The summed E-state index contributed by atoms with van der Waals surface area (Å²) in [7, 11) is 0. The topological polar surface area (TPSA) is 0 Å². The smallest absolute Gasteiger partial charge is 0.0179 e. The van der Waals surface area contributed by atoms with E-state index in [2.05, 4.69) is 71.4 Å². The van der Waals surface area contributed by atoms with Crippen molar-refractivity contribution in [2.75, 3.05) is 0 Å². The molecule has 3 fully saturated rings. The van der Waals surface area contributed by atoms with E-state index in [1.807, 2.05) is 0 Å². The molecule has 0 aliphatic heterocycles. The van der Waals surface area contributed by atoms with E-state index in [0.717, 1.165) is 40.3 Å². The average molecular weight is 449 g/mol. The van der Waals surface area contributed by atoms with Crippen molar-refractivity contribution in [2.45, 2.75) is 62.6 Å². The summed E-state index contributed by atoms with van der Waals surface area (Å²) >= 11 is 4.18. The SMILES string of the molecule is CC1CC2C(CC(Br)C3CCCCC32)C1CC1c2ccccc2-c2ccccc21. The molecule has 0 nitrogen and oxygen atoms in total. The largest absolute Gasteiger partial charge is 0.0887 e. The van der Waals surface area contributed by atoms with Gasteiger partial charge in [-0.15, -0.1) is 0 Å². The van der Waals surface area contributed by atoms with Crippen LogP contribution in [0.25, 0.3) is 11.1 Å². The van der Waals surface area contributed by atoms with E-state index in [0.29, 0.717) is 5.92 Å². The minimum absolute atomic E-state index is 0.603. The highest BCUT2D eigenvalue weighted by Gasteiger charge is 2.52. The normalized spacial score (nSPS) is 38.2. The summed E-state index contributed by atoms with van der Waals surface area (Å²) in [6.07, 6.45) is 10.2. The third-order valence-corrected chi connectivity index (χ3v) is 10.4. The van der Waals surface area contributed by atoms with Crippen LogP contribution in [0.4, 0.5) is 0 Å². The molecular weight excluding hydrogens is 416 g/mol. The zero-order valence-electron chi connectivity index (χ0n) is 17.6. The first kappa shape index (κ1) is 18.7. The number of hydrogen-bond acceptors (Lipinski definition) is 0. The summed E-state index contributed by atoms with van der Waals surface area (Å²) < 4.78 is 0. The van der Waals surface area contributed by atoms with Crippen LogP contribution in [0.1, 0.15) is 68.9 Å². The molecule has 7 unspecified atom stereocenters. The van der Waals surface area contributed by atoms with Crippen molar-refractivity contribution in [3.8, 4) is 11.1 Å². The molecule has 3 saturated carbocycles. The van der Waals surface area contributed by atoms with Gasteiger partial charge in [0.2, 0.25) is 0 Å². The Labute approximate surface area is 184 Å². The first-order valence-corrected chi connectivity index (χ1v) is 13.0. The summed E-state index contributed by atoms with van der Waals surface area (Å²) in [5, 5.41) is 0. The van der Waals surface area contributed by atoms with E-state index in [-0.39, 0.29) is 0 Å². The van der Waals surface area contributed by atoms with Gasteiger partial charge in [-0.2, -0.15) is 0 Å². The summed E-state index contributed by atoms with van der Waals surface area (Å²) in [4.78, 5) is 0.769. The van der Waals surface area contributed by atoms with Crippen molar-refractivity contribution in [1.29, 1.82) is 0 Å². The first-order valence-electron chi connectivity index (χ1n) is 12.0. The van der Waals surface area contributed by atoms with Crippen LogP contribution in [0.5, 0.6) is 0 Å². The standard InChI is InChI=1S/C28H33Br/c1-17-14-25-22-12-6-7-13-23(22)28(29)16-27(25)24(17)15-26-20-10-4-2-8-18(20)19-9-3-5-11-21(19)26/h2-5,8-11,17,22-28H,6-7,12-16H2,1H3. The second-order valence-electron chi connectivity index (χ2n) is 10.5. The zero-order valence-corrected chi connectivity index (χ0v) is 19.2. The monoisotopic (exact) mass is 448 g/mol. The van der Waals surface area contributed by atoms with Gasteiger partial charge in [0.15, 0.2) is 0 Å². The number of halogens is 1. The third-order valence-electron chi connectivity index (χ3n) is 9.33. The Bertz CT molecular complexity index is 855. The van der Waals surface area contributed by atoms with Gasteiger partial charge in [0.1, 0.15) is 0 Å². The number of hydrogen-bond donors (Lipinski definition) is 0. The number of alkyl halides is 1. The fourth-order valence-electron chi connectivity index (χ4n) is 8.16. The van der Waals surface area contributed by atoms with E-state index in [9.17, 15) is 0 Å². The van der Waals surface area contributed by atoms with Crippen molar-refractivity contribution in [2.24, 2.45) is 35.5 Å². The molecule has 4 aliphatic carbocycles. The van der Waals surface area contributed by atoms with Gasteiger partial charge in [0.05, 0.1) is 0 Å². The van der Waals surface area contributed by atoms with Gasteiger partial charge in [0, 0.05) is 10.7 Å². The van der Waals surface area contributed by atoms with Crippen LogP contribution >= 0.6 is 15.9 Å². The molecule has 152 valence electrons. The van der Waals surface area contributed by atoms with E-state index >= 15 is 0 Å². The lowest BCUT2D eigenvalue weighted by Crippen LogP contribution is -2.41. The van der Waals surface area contributed by atoms with Crippen LogP contribution in [-0.4, -0.2) is 4.83 Å². The highest BCUT2D eigenvalue weighted by Crippen LogP contribution is 2.60. The minimum atomic E-state index is 0.603. The summed E-state index contributed by atoms with van der Waals surface area (Å²) in [6.45, 7) is 2.58. The fourth-order valence-corrected chi connectivity index (χ4v) is 9.25. The van der Waals surface area contributed by atoms with Crippen LogP contribution in [-0.2, 0) is 0 Å². The number of benzene rings is 2. The lowest BCUT2D eigenvalue weighted by Gasteiger charge is -2.47. The van der Waals surface area contributed by atoms with Crippen LogP contribution in [0.2, 0.25) is 0 Å². The quantitative estimate of drug-likeness (QED) is 0.407. The predicted molar refractivity (Wildman–Crippen MR) is 125 cm³/mol. The molecule has 0 N–H and O–H groups in total. The number of rotatable bonds is 2. The maximum Gasteiger partial charge on any atom is 0.0179 e. The Morgan fingerprint density at radius 1 is 0.759 bits per heavy atom. The maximum atomic E-state index is 4.18. The molecular formula is C28H33Br. The molecule has 0 aromatic heterocycles. The van der Waals surface area contributed by atoms with E-state index in [4.69, 9.17) is 0 Å². The van der Waals surface area contributed by atoms with Crippen molar-refractivity contribution >= 4 is 15.9 Å². The molecule has 6 rings (SSSR count). The molecule has 7 atom stereocenters. The van der Waals surface area contributed by atoms with E-state index in [1.54, 1.807) is 11.1 Å². The highest BCUT2D eigenvalue weighted by atomic mass is 79.9. The summed E-state index contributed by atoms with van der Waals surface area (Å²) in [5.74, 6) is 6.27. The second kappa shape index (κ2) is 7.26. The molecule has 0 saturated heterocycles. The summed E-state index contributed by atoms with van der Waals surface area (Å²) in [6, 6.07) is 18.4. The molecule has 2 aromatic rings. The Morgan fingerprint density at radius 3 is 2.07 bits per heavy atom. The van der Waals surface area contributed by atoms with E-state index < -0.39 is 0 Å². The summed E-state index contributed by atoms with van der Waals surface area (Å²) in [5.41, 5.74) is 6.16. The predicted octanol–water partition coefficient (Wildman–Crippen LogP) is 8.05. The molecule has 0 heterocycles. The van der Waals surface area contributed by atoms with Gasteiger partial charge in [-0.25, -0.2) is 0 Å². The van der Waals surface area contributed by atoms with Gasteiger partial charge in [-0.3, -0.25) is 0 Å². The first-order chi connectivity index (χ1) is 14.2. The average Bonchev–Trinajstić information content (AvgIpc) is 3.24. The molecule has 2 aromatic carbocycles. The molecule has 29 heavy (non-hydrogen) atoms. The molecule has 0 radical (unpaired) electrons. The van der Waals surface area contributed by atoms with Gasteiger partial charge in [0.25, 0.3) is 0 Å². The lowest BCUT2D eigenvalue weighted by molar-refractivity contribution is 0.0642. The van der Waals surface area contributed by atoms with Crippen molar-refractivity contribution < 1.29 is 0 Å². The number of fused-ring (bicyclic) bond motifs is 6. The third kappa shape index (κ3) is 2.90. The Balaban J connectivity index is 1.33. The van der Waals surface area contributed by atoms with Gasteiger partial charge in [-0.1, -0.05) is 84.2 Å². The zero-order chi connectivity index (χ0) is 19.5. The maximum absolute atomic E-state index is 4.18. The van der Waals surface area contributed by atoms with Gasteiger partial charge < -0.3 is 0 Å².